The number of anilines is 1. The predicted molar refractivity (Wildman–Crippen MR) is 189 cm³/mol. The number of thioether (sulfide) groups is 1. The predicted octanol–water partition coefficient (Wildman–Crippen LogP) is 2.99. The number of ether oxygens (including phenoxy) is 3. The monoisotopic (exact) mass is 731 g/mol. The quantitative estimate of drug-likeness (QED) is 0.0565. The number of aromatic nitrogens is 3. The first-order valence-corrected chi connectivity index (χ1v) is 19.5. The average molecular weight is 732 g/mol. The molecule has 0 bridgehead atoms. The molecule has 0 radical (unpaired) electrons. The van der Waals surface area contributed by atoms with Crippen LogP contribution in [0, 0.1) is 0 Å². The summed E-state index contributed by atoms with van der Waals surface area (Å²) in [6.45, 7) is 3.67. The number of hydrogen-bond donors (Lipinski definition) is 6. The minimum absolute atomic E-state index is 0.00236. The van der Waals surface area contributed by atoms with E-state index in [-0.39, 0.29) is 42.3 Å². The van der Waals surface area contributed by atoms with E-state index in [1.54, 1.807) is 0 Å². The van der Waals surface area contributed by atoms with Gasteiger partial charge in [-0.25, -0.2) is 4.68 Å². The van der Waals surface area contributed by atoms with Crippen LogP contribution >= 0.6 is 11.8 Å². The van der Waals surface area contributed by atoms with Crippen molar-refractivity contribution >= 4 is 35.4 Å². The summed E-state index contributed by atoms with van der Waals surface area (Å²) in [5.74, 6) is -0.836. The van der Waals surface area contributed by atoms with Gasteiger partial charge >= 0.3 is 11.9 Å². The number of esters is 2. The number of rotatable bonds is 27. The first-order chi connectivity index (χ1) is 24.1. The smallest absolute Gasteiger partial charge is 0.306 e. The minimum atomic E-state index is -1.60. The fourth-order valence-corrected chi connectivity index (χ4v) is 6.42. The Labute approximate surface area is 300 Å². The minimum Gasteiger partial charge on any atom is -0.462 e. The lowest BCUT2D eigenvalue weighted by Crippen LogP contribution is -2.56. The van der Waals surface area contributed by atoms with Gasteiger partial charge in [-0.3, -0.25) is 14.4 Å². The Hall–Kier alpha value is -2.34. The highest BCUT2D eigenvalue weighted by molar-refractivity contribution is 7.99. The third-order valence-electron chi connectivity index (χ3n) is 8.52. The third-order valence-corrected chi connectivity index (χ3v) is 9.73. The second-order valence-corrected chi connectivity index (χ2v) is 14.0. The number of aliphatic hydroxyl groups is 4. The van der Waals surface area contributed by atoms with Crippen molar-refractivity contribution in [2.45, 2.75) is 159 Å². The average Bonchev–Trinajstić information content (AvgIpc) is 3.56. The lowest BCUT2D eigenvalue weighted by molar-refractivity contribution is -0.254. The van der Waals surface area contributed by atoms with Gasteiger partial charge in [0.25, 0.3) is 0 Å². The molecule has 0 aromatic carbocycles. The molecule has 1 aromatic rings. The van der Waals surface area contributed by atoms with Gasteiger partial charge in [0, 0.05) is 24.3 Å². The van der Waals surface area contributed by atoms with E-state index in [1.165, 1.54) is 62.9 Å². The summed E-state index contributed by atoms with van der Waals surface area (Å²) in [4.78, 5) is 37.8. The fraction of sp³-hybridized carbons (Fsp3) is 0.853. The van der Waals surface area contributed by atoms with E-state index in [0.717, 1.165) is 49.6 Å². The molecule has 50 heavy (non-hydrogen) atoms. The zero-order valence-corrected chi connectivity index (χ0v) is 30.6. The van der Waals surface area contributed by atoms with Gasteiger partial charge in [0.2, 0.25) is 5.91 Å². The van der Waals surface area contributed by atoms with E-state index in [1.807, 2.05) is 0 Å². The van der Waals surface area contributed by atoms with Crippen molar-refractivity contribution in [1.29, 1.82) is 0 Å². The maximum atomic E-state index is 12.8. The highest BCUT2D eigenvalue weighted by atomic mass is 32.2. The molecule has 1 aliphatic rings. The van der Waals surface area contributed by atoms with Crippen LogP contribution in [0.15, 0.2) is 6.20 Å². The number of hydrogen-bond acceptors (Lipinski definition) is 14. The number of carbonyl (C=O) groups excluding carboxylic acids is 3. The maximum Gasteiger partial charge on any atom is 0.306 e. The van der Waals surface area contributed by atoms with Crippen LogP contribution in [-0.4, -0.2) is 115 Å². The van der Waals surface area contributed by atoms with E-state index in [4.69, 9.17) is 19.9 Å². The molecule has 288 valence electrons. The van der Waals surface area contributed by atoms with Crippen molar-refractivity contribution in [2.24, 2.45) is 5.73 Å². The molecule has 4 unspecified atom stereocenters. The molecule has 1 saturated heterocycles. The van der Waals surface area contributed by atoms with E-state index in [0.29, 0.717) is 6.42 Å². The Balaban J connectivity index is 1.83. The highest BCUT2D eigenvalue weighted by Crippen LogP contribution is 2.28. The number of unbranched alkanes of at least 4 members (excludes halogenated alkanes) is 12. The second-order valence-electron chi connectivity index (χ2n) is 13.0. The van der Waals surface area contributed by atoms with Crippen LogP contribution in [0.5, 0.6) is 0 Å². The van der Waals surface area contributed by atoms with Crippen LogP contribution < -0.4 is 11.1 Å². The molecule has 0 spiro atoms. The standard InChI is InChI=1S/C34H61N5O10S/c1-3-5-7-9-11-13-15-17-28(41)47-21-24(48-29(42)18-16-14-12-10-8-6-4-2)22-50-23-25(35)33(46)36-27-19-39(38-37-27)34-32(45)31(44)30(43)26(20-40)49-34/h19,24-26,30-32,34,40,43-45H,3-18,20-23,35H2,1-2H3,(H,36,46)/t24-,25-,26?,30?,31?,32?,34+/m1/s1. The van der Waals surface area contributed by atoms with Crippen molar-refractivity contribution in [3.63, 3.8) is 0 Å². The van der Waals surface area contributed by atoms with Crippen LogP contribution in [0.25, 0.3) is 0 Å². The van der Waals surface area contributed by atoms with Gasteiger partial charge in [-0.05, 0) is 12.8 Å². The SMILES string of the molecule is CCCCCCCCCC(=O)OC[C@H](CSC[C@@H](N)C(=O)Nc1cn([C@H]2OC(CO)C(O)C(O)C2O)nn1)OC(=O)CCCCCCCCC. The Morgan fingerprint density at radius 2 is 1.46 bits per heavy atom. The summed E-state index contributed by atoms with van der Waals surface area (Å²) >= 11 is 1.28. The lowest BCUT2D eigenvalue weighted by atomic mass is 9.98. The summed E-state index contributed by atoms with van der Waals surface area (Å²) in [5, 5.41) is 50.0. The largest absolute Gasteiger partial charge is 0.462 e. The zero-order valence-electron chi connectivity index (χ0n) is 29.8. The molecule has 1 aliphatic heterocycles. The van der Waals surface area contributed by atoms with Crippen LogP contribution in [0.2, 0.25) is 0 Å². The van der Waals surface area contributed by atoms with E-state index >= 15 is 0 Å². The lowest BCUT2D eigenvalue weighted by Gasteiger charge is -2.39. The highest BCUT2D eigenvalue weighted by Gasteiger charge is 2.44. The first kappa shape index (κ1) is 43.8. The summed E-state index contributed by atoms with van der Waals surface area (Å²) < 4.78 is 17.7. The number of amides is 1. The Morgan fingerprint density at radius 3 is 2.06 bits per heavy atom. The molecule has 7 N–H and O–H groups in total. The molecular weight excluding hydrogens is 670 g/mol. The van der Waals surface area contributed by atoms with E-state index < -0.39 is 55.3 Å². The normalized spacial score (nSPS) is 21.8. The molecule has 2 rings (SSSR count). The molecular formula is C34H61N5O10S. The van der Waals surface area contributed by atoms with Crippen LogP contribution in [0.3, 0.4) is 0 Å². The van der Waals surface area contributed by atoms with E-state index in [2.05, 4.69) is 29.5 Å². The zero-order chi connectivity index (χ0) is 36.7. The van der Waals surface area contributed by atoms with Gasteiger partial charge in [-0.1, -0.05) is 96.1 Å². The van der Waals surface area contributed by atoms with Crippen molar-refractivity contribution < 1.29 is 49.0 Å². The van der Waals surface area contributed by atoms with E-state index in [9.17, 15) is 34.8 Å². The van der Waals surface area contributed by atoms with Crippen LogP contribution in [0.4, 0.5) is 5.82 Å². The fourth-order valence-electron chi connectivity index (χ4n) is 5.45. The van der Waals surface area contributed by atoms with Gasteiger partial charge in [0.05, 0.1) is 18.8 Å². The molecule has 16 heteroatoms. The van der Waals surface area contributed by atoms with Gasteiger partial charge in [-0.2, -0.15) is 11.8 Å². The van der Waals surface area contributed by atoms with Gasteiger partial charge in [0.1, 0.15) is 37.1 Å². The Bertz CT molecular complexity index is 1100. The number of nitrogens with one attached hydrogen (secondary N) is 1. The molecule has 0 saturated carbocycles. The molecule has 2 heterocycles. The molecule has 1 amide bonds. The van der Waals surface area contributed by atoms with Crippen molar-refractivity contribution in [1.82, 2.24) is 15.0 Å². The number of nitrogens with two attached hydrogens (primary N) is 1. The number of aliphatic hydroxyl groups excluding tert-OH is 4. The second kappa shape index (κ2) is 25.6. The number of nitrogens with zero attached hydrogens (tertiary/aromatic N) is 3. The van der Waals surface area contributed by atoms with Crippen LogP contribution in [-0.2, 0) is 28.6 Å². The summed E-state index contributed by atoms with van der Waals surface area (Å²) in [5.41, 5.74) is 6.11. The Morgan fingerprint density at radius 1 is 0.880 bits per heavy atom. The molecule has 7 atom stereocenters. The van der Waals surface area contributed by atoms with Crippen molar-refractivity contribution in [2.75, 3.05) is 30.0 Å². The maximum absolute atomic E-state index is 12.8. The summed E-state index contributed by atoms with van der Waals surface area (Å²) in [7, 11) is 0. The van der Waals surface area contributed by atoms with Crippen LogP contribution in [0.1, 0.15) is 123 Å². The molecule has 1 aromatic heterocycles. The Kier molecular flexibility index (Phi) is 22.4. The number of carbonyl (C=O) groups is 3. The van der Waals surface area contributed by atoms with Gasteiger partial charge in [-0.15, -0.1) is 5.10 Å². The topological polar surface area (TPSA) is 229 Å². The van der Waals surface area contributed by atoms with Gasteiger partial charge < -0.3 is 45.7 Å². The summed E-state index contributed by atoms with van der Waals surface area (Å²) in [6.07, 6.45) is 9.17. The van der Waals surface area contributed by atoms with Crippen molar-refractivity contribution in [3.05, 3.63) is 6.20 Å². The molecule has 0 aliphatic carbocycles. The first-order valence-electron chi connectivity index (χ1n) is 18.3. The molecule has 1 fully saturated rings. The third kappa shape index (κ3) is 16.8. The van der Waals surface area contributed by atoms with Crippen molar-refractivity contribution in [3.8, 4) is 0 Å². The molecule has 15 nitrogen and oxygen atoms in total. The van der Waals surface area contributed by atoms with Gasteiger partial charge in [0.15, 0.2) is 12.0 Å². The summed E-state index contributed by atoms with van der Waals surface area (Å²) in [6, 6.07) is -0.985.